The van der Waals surface area contributed by atoms with E-state index in [0.717, 1.165) is 56.3 Å². The van der Waals surface area contributed by atoms with Crippen LogP contribution in [-0.2, 0) is 4.79 Å². The summed E-state index contributed by atoms with van der Waals surface area (Å²) in [7, 11) is 0. The Morgan fingerprint density at radius 3 is 2.73 bits per heavy atom. The third-order valence-corrected chi connectivity index (χ3v) is 5.36. The first-order valence-electron chi connectivity index (χ1n) is 10.5. The van der Waals surface area contributed by atoms with Gasteiger partial charge in [-0.15, -0.1) is 0 Å². The van der Waals surface area contributed by atoms with Crippen LogP contribution in [0.3, 0.4) is 0 Å². The average Bonchev–Trinajstić information content (AvgIpc) is 3.21. The van der Waals surface area contributed by atoms with Gasteiger partial charge in [0.1, 0.15) is 17.9 Å². The van der Waals surface area contributed by atoms with Crippen molar-refractivity contribution >= 4 is 17.5 Å². The number of unbranched alkanes of at least 4 members (excludes halogenated alkanes) is 1. The van der Waals surface area contributed by atoms with Gasteiger partial charge in [-0.1, -0.05) is 12.1 Å². The average molecular weight is 409 g/mol. The Morgan fingerprint density at radius 2 is 1.93 bits per heavy atom. The van der Waals surface area contributed by atoms with Gasteiger partial charge in [-0.2, -0.15) is 14.6 Å². The number of rotatable bonds is 7. The molecule has 0 atom stereocenters. The fourth-order valence-corrected chi connectivity index (χ4v) is 3.75. The molecular formula is C22H28N6O2. The standard InChI is InChI=1S/C22H28N6O2/c1-17-6-5-7-19(14-17)30-13-4-3-8-21(29)27-11-9-26(10-12-27)20-15-18(2)25-22-23-16-24-28(20)22/h5-7,14-16H,3-4,8-13H2,1-2H3. The third-order valence-electron chi connectivity index (χ3n) is 5.36. The molecule has 0 radical (unpaired) electrons. The summed E-state index contributed by atoms with van der Waals surface area (Å²) in [4.78, 5) is 25.4. The summed E-state index contributed by atoms with van der Waals surface area (Å²) < 4.78 is 7.53. The molecular weight excluding hydrogens is 380 g/mol. The van der Waals surface area contributed by atoms with Crippen molar-refractivity contribution in [3.8, 4) is 5.75 Å². The van der Waals surface area contributed by atoms with Gasteiger partial charge in [0.05, 0.1) is 6.61 Å². The van der Waals surface area contributed by atoms with Crippen molar-refractivity contribution in [2.45, 2.75) is 33.1 Å². The Hall–Kier alpha value is -3.16. The number of nitrogens with zero attached hydrogens (tertiary/aromatic N) is 6. The quantitative estimate of drug-likeness (QED) is 0.560. The summed E-state index contributed by atoms with van der Waals surface area (Å²) in [5.74, 6) is 2.71. The lowest BCUT2D eigenvalue weighted by Gasteiger charge is -2.36. The molecule has 158 valence electrons. The normalized spacial score (nSPS) is 14.3. The first-order chi connectivity index (χ1) is 14.6. The molecule has 8 heteroatoms. The summed E-state index contributed by atoms with van der Waals surface area (Å²) in [6.45, 7) is 7.64. The minimum Gasteiger partial charge on any atom is -0.494 e. The van der Waals surface area contributed by atoms with Crippen molar-refractivity contribution in [1.82, 2.24) is 24.5 Å². The highest BCUT2D eigenvalue weighted by Crippen LogP contribution is 2.18. The predicted octanol–water partition coefficient (Wildman–Crippen LogP) is 2.64. The van der Waals surface area contributed by atoms with E-state index in [4.69, 9.17) is 4.74 Å². The van der Waals surface area contributed by atoms with E-state index >= 15 is 0 Å². The van der Waals surface area contributed by atoms with Crippen LogP contribution in [0, 0.1) is 13.8 Å². The van der Waals surface area contributed by atoms with Crippen LogP contribution in [0.15, 0.2) is 36.7 Å². The van der Waals surface area contributed by atoms with Crippen molar-refractivity contribution in [3.63, 3.8) is 0 Å². The maximum absolute atomic E-state index is 12.6. The van der Waals surface area contributed by atoms with Crippen molar-refractivity contribution < 1.29 is 9.53 Å². The van der Waals surface area contributed by atoms with Crippen LogP contribution in [0.4, 0.5) is 5.82 Å². The lowest BCUT2D eigenvalue weighted by molar-refractivity contribution is -0.131. The Morgan fingerprint density at radius 1 is 1.10 bits per heavy atom. The van der Waals surface area contributed by atoms with Crippen LogP contribution in [0.1, 0.15) is 30.5 Å². The van der Waals surface area contributed by atoms with E-state index in [1.807, 2.05) is 36.1 Å². The number of carbonyl (C=O) groups is 1. The van der Waals surface area contributed by atoms with E-state index in [9.17, 15) is 4.79 Å². The molecule has 1 aliphatic rings. The molecule has 0 N–H and O–H groups in total. The number of fused-ring (bicyclic) bond motifs is 1. The molecule has 0 unspecified atom stereocenters. The van der Waals surface area contributed by atoms with Crippen molar-refractivity contribution in [2.24, 2.45) is 0 Å². The van der Waals surface area contributed by atoms with Gasteiger partial charge in [-0.25, -0.2) is 4.98 Å². The SMILES string of the molecule is Cc1cccc(OCCCCC(=O)N2CCN(c3cc(C)nc4ncnn34)CC2)c1. The number of piperazine rings is 1. The van der Waals surface area contributed by atoms with Crippen LogP contribution in [-0.4, -0.2) is 63.2 Å². The smallest absolute Gasteiger partial charge is 0.254 e. The molecule has 1 fully saturated rings. The fourth-order valence-electron chi connectivity index (χ4n) is 3.75. The number of hydrogen-bond acceptors (Lipinski definition) is 6. The molecule has 1 amide bonds. The maximum atomic E-state index is 12.6. The lowest BCUT2D eigenvalue weighted by Crippen LogP contribution is -2.49. The summed E-state index contributed by atoms with van der Waals surface area (Å²) in [6.07, 6.45) is 3.81. The van der Waals surface area contributed by atoms with E-state index < -0.39 is 0 Å². The fraction of sp³-hybridized carbons (Fsp3) is 0.455. The molecule has 0 aliphatic carbocycles. The van der Waals surface area contributed by atoms with Crippen LogP contribution in [0.25, 0.3) is 5.78 Å². The van der Waals surface area contributed by atoms with Crippen LogP contribution in [0.2, 0.25) is 0 Å². The summed E-state index contributed by atoms with van der Waals surface area (Å²) in [6, 6.07) is 10.1. The van der Waals surface area contributed by atoms with Crippen LogP contribution < -0.4 is 9.64 Å². The Labute approximate surface area is 176 Å². The second-order valence-corrected chi connectivity index (χ2v) is 7.72. The number of carbonyl (C=O) groups excluding carboxylic acids is 1. The number of anilines is 1. The Kier molecular flexibility index (Phi) is 6.11. The van der Waals surface area contributed by atoms with E-state index in [2.05, 4.69) is 33.0 Å². The minimum atomic E-state index is 0.224. The molecule has 0 spiro atoms. The molecule has 0 saturated carbocycles. The molecule has 1 aromatic carbocycles. The monoisotopic (exact) mass is 408 g/mol. The number of aromatic nitrogens is 4. The zero-order chi connectivity index (χ0) is 20.9. The number of benzene rings is 1. The molecule has 1 saturated heterocycles. The maximum Gasteiger partial charge on any atom is 0.254 e. The van der Waals surface area contributed by atoms with Crippen LogP contribution >= 0.6 is 0 Å². The van der Waals surface area contributed by atoms with Gasteiger partial charge in [0.15, 0.2) is 0 Å². The number of amides is 1. The van der Waals surface area contributed by atoms with Gasteiger partial charge in [-0.05, 0) is 44.4 Å². The Bertz CT molecular complexity index is 1010. The molecule has 3 heterocycles. The zero-order valence-electron chi connectivity index (χ0n) is 17.6. The van der Waals surface area contributed by atoms with Crippen molar-refractivity contribution in [2.75, 3.05) is 37.7 Å². The largest absolute Gasteiger partial charge is 0.494 e. The highest BCUT2D eigenvalue weighted by Gasteiger charge is 2.23. The zero-order valence-corrected chi connectivity index (χ0v) is 17.6. The second-order valence-electron chi connectivity index (χ2n) is 7.72. The minimum absolute atomic E-state index is 0.224. The van der Waals surface area contributed by atoms with E-state index in [1.54, 1.807) is 4.52 Å². The molecule has 8 nitrogen and oxygen atoms in total. The highest BCUT2D eigenvalue weighted by atomic mass is 16.5. The first-order valence-corrected chi connectivity index (χ1v) is 10.5. The van der Waals surface area contributed by atoms with Gasteiger partial charge in [0, 0.05) is 44.4 Å². The molecule has 4 rings (SSSR count). The molecule has 30 heavy (non-hydrogen) atoms. The Balaban J connectivity index is 1.21. The van der Waals surface area contributed by atoms with Gasteiger partial charge in [0.2, 0.25) is 5.91 Å². The summed E-state index contributed by atoms with van der Waals surface area (Å²) >= 11 is 0. The van der Waals surface area contributed by atoms with Gasteiger partial charge in [-0.3, -0.25) is 4.79 Å². The van der Waals surface area contributed by atoms with Gasteiger partial charge in [0.25, 0.3) is 5.78 Å². The van der Waals surface area contributed by atoms with E-state index in [1.165, 1.54) is 11.9 Å². The predicted molar refractivity (Wildman–Crippen MR) is 115 cm³/mol. The number of hydrogen-bond donors (Lipinski definition) is 0. The van der Waals surface area contributed by atoms with Crippen LogP contribution in [0.5, 0.6) is 5.75 Å². The van der Waals surface area contributed by atoms with Crippen molar-refractivity contribution in [1.29, 1.82) is 0 Å². The molecule has 1 aliphatic heterocycles. The summed E-state index contributed by atoms with van der Waals surface area (Å²) in [5.41, 5.74) is 2.10. The molecule has 0 bridgehead atoms. The van der Waals surface area contributed by atoms with Crippen molar-refractivity contribution in [3.05, 3.63) is 47.9 Å². The van der Waals surface area contributed by atoms with Gasteiger partial charge < -0.3 is 14.5 Å². The third kappa shape index (κ3) is 4.69. The number of aryl methyl sites for hydroxylation is 2. The highest BCUT2D eigenvalue weighted by molar-refractivity contribution is 5.76. The first kappa shape index (κ1) is 20.1. The van der Waals surface area contributed by atoms with E-state index in [-0.39, 0.29) is 5.91 Å². The molecule has 2 aromatic heterocycles. The second kappa shape index (κ2) is 9.11. The van der Waals surface area contributed by atoms with E-state index in [0.29, 0.717) is 18.8 Å². The lowest BCUT2D eigenvalue weighted by atomic mass is 10.2. The van der Waals surface area contributed by atoms with Gasteiger partial charge >= 0.3 is 0 Å². The topological polar surface area (TPSA) is 75.9 Å². The molecule has 3 aromatic rings. The summed E-state index contributed by atoms with van der Waals surface area (Å²) in [5, 5.41) is 4.28. The number of ether oxygens (including phenoxy) is 1.